The number of piperidine rings is 1. The van der Waals surface area contributed by atoms with Crippen LogP contribution < -0.4 is 10.6 Å². The van der Waals surface area contributed by atoms with Crippen molar-refractivity contribution >= 4 is 5.91 Å². The van der Waals surface area contributed by atoms with E-state index in [2.05, 4.69) is 10.6 Å². The van der Waals surface area contributed by atoms with E-state index in [0.717, 1.165) is 18.5 Å². The maximum atomic E-state index is 11.9. The molecule has 1 amide bonds. The summed E-state index contributed by atoms with van der Waals surface area (Å²) in [6, 6.07) is 7.66. The molecule has 0 saturated carbocycles. The summed E-state index contributed by atoms with van der Waals surface area (Å²) in [6.45, 7) is 3.02. The normalized spacial score (nSPS) is 20.4. The van der Waals surface area contributed by atoms with Crippen molar-refractivity contribution in [2.45, 2.75) is 32.4 Å². The topological polar surface area (TPSA) is 41.1 Å². The van der Waals surface area contributed by atoms with Gasteiger partial charge in [0.1, 0.15) is 0 Å². The van der Waals surface area contributed by atoms with Crippen LogP contribution in [0.4, 0.5) is 0 Å². The molecule has 1 unspecified atom stereocenters. The number of rotatable bonds is 2. The summed E-state index contributed by atoms with van der Waals surface area (Å²) in [6.07, 6.45) is 3.56. The fourth-order valence-electron chi connectivity index (χ4n) is 1.92. The third kappa shape index (κ3) is 2.83. The van der Waals surface area contributed by atoms with Gasteiger partial charge in [-0.05, 0) is 44.9 Å². The van der Waals surface area contributed by atoms with Crippen LogP contribution >= 0.6 is 0 Å². The Hall–Kier alpha value is -1.35. The monoisotopic (exact) mass is 218 g/mol. The first-order chi connectivity index (χ1) is 7.75. The van der Waals surface area contributed by atoms with E-state index in [1.807, 2.05) is 31.2 Å². The number of benzene rings is 1. The molecule has 1 fully saturated rings. The van der Waals surface area contributed by atoms with Crippen molar-refractivity contribution in [3.8, 4) is 0 Å². The van der Waals surface area contributed by atoms with Crippen LogP contribution in [0, 0.1) is 6.92 Å². The van der Waals surface area contributed by atoms with Gasteiger partial charge in [-0.15, -0.1) is 0 Å². The fourth-order valence-corrected chi connectivity index (χ4v) is 1.92. The smallest absolute Gasteiger partial charge is 0.252 e. The van der Waals surface area contributed by atoms with Crippen LogP contribution in [0.2, 0.25) is 0 Å². The maximum absolute atomic E-state index is 11.9. The van der Waals surface area contributed by atoms with E-state index in [9.17, 15) is 4.79 Å². The molecule has 1 aromatic rings. The number of aryl methyl sites for hydroxylation is 1. The van der Waals surface area contributed by atoms with Gasteiger partial charge in [-0.25, -0.2) is 0 Å². The van der Waals surface area contributed by atoms with E-state index in [1.54, 1.807) is 0 Å². The average Bonchev–Trinajstić information content (AvgIpc) is 2.31. The third-order valence-electron chi connectivity index (χ3n) is 2.93. The molecule has 3 heteroatoms. The zero-order valence-corrected chi connectivity index (χ0v) is 9.62. The van der Waals surface area contributed by atoms with E-state index < -0.39 is 0 Å². The molecule has 1 atom stereocenters. The lowest BCUT2D eigenvalue weighted by atomic mass is 10.1. The van der Waals surface area contributed by atoms with Gasteiger partial charge in [-0.3, -0.25) is 10.1 Å². The second-order valence-electron chi connectivity index (χ2n) is 4.34. The minimum atomic E-state index is 0.0133. The van der Waals surface area contributed by atoms with E-state index in [4.69, 9.17) is 0 Å². The number of hydrogen-bond donors (Lipinski definition) is 2. The van der Waals surface area contributed by atoms with Gasteiger partial charge in [0.05, 0.1) is 6.17 Å². The highest BCUT2D eigenvalue weighted by molar-refractivity contribution is 5.94. The first-order valence-electron chi connectivity index (χ1n) is 5.86. The Balaban J connectivity index is 1.94. The molecule has 0 aliphatic carbocycles. The Morgan fingerprint density at radius 1 is 1.31 bits per heavy atom. The van der Waals surface area contributed by atoms with Crippen LogP contribution in [0.3, 0.4) is 0 Å². The summed E-state index contributed by atoms with van der Waals surface area (Å²) < 4.78 is 0. The second kappa shape index (κ2) is 5.12. The van der Waals surface area contributed by atoms with Crippen LogP contribution in [0.25, 0.3) is 0 Å². The molecule has 2 rings (SSSR count). The standard InChI is InChI=1S/C13H18N2O/c1-10-5-7-11(8-6-10)13(16)15-12-4-2-3-9-14-12/h5-8,12,14H,2-4,9H2,1H3,(H,15,16). The Bertz CT molecular complexity index is 353. The van der Waals surface area contributed by atoms with Crippen molar-refractivity contribution in [2.75, 3.05) is 6.54 Å². The molecule has 3 nitrogen and oxygen atoms in total. The van der Waals surface area contributed by atoms with Crippen LogP contribution in [-0.2, 0) is 0 Å². The molecule has 0 aromatic heterocycles. The lowest BCUT2D eigenvalue weighted by Crippen LogP contribution is -2.47. The molecule has 0 bridgehead atoms. The molecular weight excluding hydrogens is 200 g/mol. The van der Waals surface area contributed by atoms with Crippen molar-refractivity contribution in [3.63, 3.8) is 0 Å². The summed E-state index contributed by atoms with van der Waals surface area (Å²) in [5.74, 6) is 0.0133. The van der Waals surface area contributed by atoms with E-state index in [0.29, 0.717) is 0 Å². The van der Waals surface area contributed by atoms with Crippen molar-refractivity contribution in [1.82, 2.24) is 10.6 Å². The molecule has 86 valence electrons. The highest BCUT2D eigenvalue weighted by Crippen LogP contribution is 2.07. The van der Waals surface area contributed by atoms with Gasteiger partial charge in [-0.1, -0.05) is 17.7 Å². The van der Waals surface area contributed by atoms with Crippen molar-refractivity contribution in [1.29, 1.82) is 0 Å². The molecule has 1 heterocycles. The number of hydrogen-bond acceptors (Lipinski definition) is 2. The first kappa shape index (κ1) is 11.1. The molecular formula is C13H18N2O. The molecule has 0 spiro atoms. The second-order valence-corrected chi connectivity index (χ2v) is 4.34. The summed E-state index contributed by atoms with van der Waals surface area (Å²) >= 11 is 0. The van der Waals surface area contributed by atoms with Crippen LogP contribution in [0.5, 0.6) is 0 Å². The SMILES string of the molecule is Cc1ccc(C(=O)NC2CCCCN2)cc1. The molecule has 2 N–H and O–H groups in total. The minimum Gasteiger partial charge on any atom is -0.337 e. The highest BCUT2D eigenvalue weighted by atomic mass is 16.1. The van der Waals surface area contributed by atoms with Gasteiger partial charge in [0.25, 0.3) is 5.91 Å². The molecule has 16 heavy (non-hydrogen) atoms. The lowest BCUT2D eigenvalue weighted by Gasteiger charge is -2.24. The van der Waals surface area contributed by atoms with Gasteiger partial charge in [-0.2, -0.15) is 0 Å². The maximum Gasteiger partial charge on any atom is 0.252 e. The summed E-state index contributed by atoms with van der Waals surface area (Å²) in [5.41, 5.74) is 1.91. The summed E-state index contributed by atoms with van der Waals surface area (Å²) in [4.78, 5) is 11.9. The summed E-state index contributed by atoms with van der Waals surface area (Å²) in [5, 5.41) is 6.30. The van der Waals surface area contributed by atoms with Crippen molar-refractivity contribution in [3.05, 3.63) is 35.4 Å². The van der Waals surface area contributed by atoms with Crippen molar-refractivity contribution in [2.24, 2.45) is 0 Å². The molecule has 1 aliphatic heterocycles. The van der Waals surface area contributed by atoms with Gasteiger partial charge in [0, 0.05) is 5.56 Å². The van der Waals surface area contributed by atoms with Gasteiger partial charge >= 0.3 is 0 Å². The Morgan fingerprint density at radius 3 is 2.69 bits per heavy atom. The third-order valence-corrected chi connectivity index (χ3v) is 2.93. The number of amides is 1. The summed E-state index contributed by atoms with van der Waals surface area (Å²) in [7, 11) is 0. The van der Waals surface area contributed by atoms with Crippen molar-refractivity contribution < 1.29 is 4.79 Å². The minimum absolute atomic E-state index is 0.0133. The Morgan fingerprint density at radius 2 is 2.06 bits per heavy atom. The average molecular weight is 218 g/mol. The first-order valence-corrected chi connectivity index (χ1v) is 5.86. The van der Waals surface area contributed by atoms with Gasteiger partial charge in [0.2, 0.25) is 0 Å². The van der Waals surface area contributed by atoms with Gasteiger partial charge < -0.3 is 5.32 Å². The zero-order valence-electron chi connectivity index (χ0n) is 9.62. The van der Waals surface area contributed by atoms with Crippen LogP contribution in [-0.4, -0.2) is 18.6 Å². The Kier molecular flexibility index (Phi) is 3.57. The van der Waals surface area contributed by atoms with E-state index >= 15 is 0 Å². The lowest BCUT2D eigenvalue weighted by molar-refractivity contribution is 0.0921. The van der Waals surface area contributed by atoms with Gasteiger partial charge in [0.15, 0.2) is 0 Å². The predicted octanol–water partition coefficient (Wildman–Crippen LogP) is 1.82. The number of nitrogens with one attached hydrogen (secondary N) is 2. The predicted molar refractivity (Wildman–Crippen MR) is 64.3 cm³/mol. The Labute approximate surface area is 96.2 Å². The van der Waals surface area contributed by atoms with E-state index in [-0.39, 0.29) is 12.1 Å². The quantitative estimate of drug-likeness (QED) is 0.795. The number of carbonyl (C=O) groups is 1. The van der Waals surface area contributed by atoms with E-state index in [1.165, 1.54) is 18.4 Å². The highest BCUT2D eigenvalue weighted by Gasteiger charge is 2.15. The fraction of sp³-hybridized carbons (Fsp3) is 0.462. The molecule has 1 saturated heterocycles. The molecule has 0 radical (unpaired) electrons. The van der Waals surface area contributed by atoms with Crippen LogP contribution in [0.15, 0.2) is 24.3 Å². The zero-order chi connectivity index (χ0) is 11.4. The largest absolute Gasteiger partial charge is 0.337 e. The van der Waals surface area contributed by atoms with Crippen LogP contribution in [0.1, 0.15) is 35.2 Å². The molecule has 1 aromatic carbocycles. The molecule has 1 aliphatic rings. The number of carbonyl (C=O) groups excluding carboxylic acids is 1.